The molecule has 0 aliphatic carbocycles. The van der Waals surface area contributed by atoms with E-state index in [2.05, 4.69) is 47.8 Å². The van der Waals surface area contributed by atoms with Crippen LogP contribution in [0.1, 0.15) is 24.5 Å². The SMILES string of the molecule is CCOc1ccc(CNCCCc2ccccc2)cc1. The Morgan fingerprint density at radius 1 is 0.900 bits per heavy atom. The average molecular weight is 269 g/mol. The molecule has 0 unspecified atom stereocenters. The Bertz CT molecular complexity index is 479. The highest BCUT2D eigenvalue weighted by Gasteiger charge is 1.96. The molecule has 0 bridgehead atoms. The fourth-order valence-corrected chi connectivity index (χ4v) is 2.17. The van der Waals surface area contributed by atoms with Gasteiger partial charge in [0.05, 0.1) is 6.61 Å². The van der Waals surface area contributed by atoms with Crippen LogP contribution in [0.25, 0.3) is 0 Å². The number of benzene rings is 2. The lowest BCUT2D eigenvalue weighted by atomic mass is 10.1. The molecule has 2 rings (SSSR count). The third kappa shape index (κ3) is 5.06. The molecular formula is C18H23NO. The van der Waals surface area contributed by atoms with Gasteiger partial charge in [0.15, 0.2) is 0 Å². The second-order valence-electron chi connectivity index (χ2n) is 4.84. The minimum atomic E-state index is 0.719. The van der Waals surface area contributed by atoms with Gasteiger partial charge in [0.2, 0.25) is 0 Å². The highest BCUT2D eigenvalue weighted by atomic mass is 16.5. The summed E-state index contributed by atoms with van der Waals surface area (Å²) in [4.78, 5) is 0. The largest absolute Gasteiger partial charge is 0.494 e. The molecule has 0 fully saturated rings. The van der Waals surface area contributed by atoms with Crippen LogP contribution in [0.4, 0.5) is 0 Å². The predicted octanol–water partition coefficient (Wildman–Crippen LogP) is 3.81. The van der Waals surface area contributed by atoms with E-state index in [1.165, 1.54) is 17.5 Å². The first-order chi connectivity index (χ1) is 9.88. The van der Waals surface area contributed by atoms with Gasteiger partial charge in [0.25, 0.3) is 0 Å². The summed E-state index contributed by atoms with van der Waals surface area (Å²) in [5.41, 5.74) is 2.71. The highest BCUT2D eigenvalue weighted by Crippen LogP contribution is 2.11. The van der Waals surface area contributed by atoms with E-state index in [-0.39, 0.29) is 0 Å². The van der Waals surface area contributed by atoms with Crippen molar-refractivity contribution >= 4 is 0 Å². The first-order valence-corrected chi connectivity index (χ1v) is 7.35. The Kier molecular flexibility index (Phi) is 6.12. The molecule has 0 heterocycles. The number of hydrogen-bond acceptors (Lipinski definition) is 2. The van der Waals surface area contributed by atoms with Gasteiger partial charge >= 0.3 is 0 Å². The molecule has 1 N–H and O–H groups in total. The summed E-state index contributed by atoms with van der Waals surface area (Å²) in [6, 6.07) is 18.9. The minimum absolute atomic E-state index is 0.719. The summed E-state index contributed by atoms with van der Waals surface area (Å²) in [6.07, 6.45) is 2.30. The normalized spacial score (nSPS) is 10.4. The standard InChI is InChI=1S/C18H23NO/c1-2-20-18-12-10-17(11-13-18)15-19-14-6-9-16-7-4-3-5-8-16/h3-5,7-8,10-13,19H,2,6,9,14-15H2,1H3. The Balaban J connectivity index is 1.63. The first kappa shape index (κ1) is 14.6. The van der Waals surface area contributed by atoms with Gasteiger partial charge in [-0.15, -0.1) is 0 Å². The lowest BCUT2D eigenvalue weighted by Crippen LogP contribution is -2.15. The van der Waals surface area contributed by atoms with Crippen LogP contribution in [-0.4, -0.2) is 13.2 Å². The third-order valence-electron chi connectivity index (χ3n) is 3.23. The van der Waals surface area contributed by atoms with Crippen molar-refractivity contribution in [3.63, 3.8) is 0 Å². The monoisotopic (exact) mass is 269 g/mol. The van der Waals surface area contributed by atoms with E-state index in [0.717, 1.165) is 31.9 Å². The molecule has 0 radical (unpaired) electrons. The smallest absolute Gasteiger partial charge is 0.119 e. The van der Waals surface area contributed by atoms with Crippen molar-refractivity contribution in [1.29, 1.82) is 0 Å². The summed E-state index contributed by atoms with van der Waals surface area (Å²) < 4.78 is 5.43. The Hall–Kier alpha value is -1.80. The van der Waals surface area contributed by atoms with Crippen LogP contribution < -0.4 is 10.1 Å². The van der Waals surface area contributed by atoms with Crippen LogP contribution in [-0.2, 0) is 13.0 Å². The van der Waals surface area contributed by atoms with E-state index in [1.807, 2.05) is 19.1 Å². The van der Waals surface area contributed by atoms with Crippen LogP contribution >= 0.6 is 0 Å². The quantitative estimate of drug-likeness (QED) is 0.736. The molecular weight excluding hydrogens is 246 g/mol. The molecule has 0 aliphatic heterocycles. The van der Waals surface area contributed by atoms with Crippen molar-refractivity contribution in [2.75, 3.05) is 13.2 Å². The maximum absolute atomic E-state index is 5.43. The Morgan fingerprint density at radius 3 is 2.35 bits per heavy atom. The van der Waals surface area contributed by atoms with Crippen LogP contribution in [0.15, 0.2) is 54.6 Å². The molecule has 0 atom stereocenters. The molecule has 20 heavy (non-hydrogen) atoms. The van der Waals surface area contributed by atoms with Gasteiger partial charge < -0.3 is 10.1 Å². The highest BCUT2D eigenvalue weighted by molar-refractivity contribution is 5.27. The Morgan fingerprint density at radius 2 is 1.65 bits per heavy atom. The molecule has 0 amide bonds. The van der Waals surface area contributed by atoms with Crippen LogP contribution in [0.3, 0.4) is 0 Å². The molecule has 2 aromatic rings. The van der Waals surface area contributed by atoms with Crippen molar-refractivity contribution in [2.24, 2.45) is 0 Å². The number of ether oxygens (including phenoxy) is 1. The maximum atomic E-state index is 5.43. The van der Waals surface area contributed by atoms with Crippen molar-refractivity contribution in [2.45, 2.75) is 26.3 Å². The van der Waals surface area contributed by atoms with Crippen LogP contribution in [0.2, 0.25) is 0 Å². The lowest BCUT2D eigenvalue weighted by molar-refractivity contribution is 0.340. The average Bonchev–Trinajstić information content (AvgIpc) is 2.50. The van der Waals surface area contributed by atoms with Gasteiger partial charge in [-0.2, -0.15) is 0 Å². The molecule has 0 spiro atoms. The van der Waals surface area contributed by atoms with Gasteiger partial charge in [0.1, 0.15) is 5.75 Å². The van der Waals surface area contributed by atoms with E-state index >= 15 is 0 Å². The molecule has 2 nitrogen and oxygen atoms in total. The summed E-state index contributed by atoms with van der Waals surface area (Å²) in [7, 11) is 0. The van der Waals surface area contributed by atoms with E-state index in [4.69, 9.17) is 4.74 Å². The lowest BCUT2D eigenvalue weighted by Gasteiger charge is -2.07. The van der Waals surface area contributed by atoms with Gasteiger partial charge in [-0.05, 0) is 49.6 Å². The summed E-state index contributed by atoms with van der Waals surface area (Å²) >= 11 is 0. The zero-order chi connectivity index (χ0) is 14.0. The van der Waals surface area contributed by atoms with Gasteiger partial charge in [-0.3, -0.25) is 0 Å². The zero-order valence-electron chi connectivity index (χ0n) is 12.1. The number of nitrogens with one attached hydrogen (secondary N) is 1. The predicted molar refractivity (Wildman–Crippen MR) is 84.1 cm³/mol. The third-order valence-corrected chi connectivity index (χ3v) is 3.23. The van der Waals surface area contributed by atoms with Gasteiger partial charge in [0, 0.05) is 6.54 Å². The molecule has 2 heteroatoms. The number of rotatable bonds is 8. The van der Waals surface area contributed by atoms with E-state index in [1.54, 1.807) is 0 Å². The number of aryl methyl sites for hydroxylation is 1. The van der Waals surface area contributed by atoms with E-state index in [9.17, 15) is 0 Å². The zero-order valence-corrected chi connectivity index (χ0v) is 12.1. The molecule has 106 valence electrons. The second kappa shape index (κ2) is 8.39. The molecule has 0 aliphatic rings. The van der Waals surface area contributed by atoms with Crippen molar-refractivity contribution in [3.8, 4) is 5.75 Å². The molecule has 0 aromatic heterocycles. The van der Waals surface area contributed by atoms with Crippen LogP contribution in [0, 0.1) is 0 Å². The summed E-state index contributed by atoms with van der Waals surface area (Å²) in [5, 5.41) is 3.48. The van der Waals surface area contributed by atoms with Gasteiger partial charge in [-0.1, -0.05) is 42.5 Å². The van der Waals surface area contributed by atoms with Crippen molar-refractivity contribution in [1.82, 2.24) is 5.32 Å². The van der Waals surface area contributed by atoms with E-state index in [0.29, 0.717) is 0 Å². The topological polar surface area (TPSA) is 21.3 Å². The van der Waals surface area contributed by atoms with Crippen molar-refractivity contribution in [3.05, 3.63) is 65.7 Å². The summed E-state index contributed by atoms with van der Waals surface area (Å²) in [6.45, 7) is 4.68. The molecule has 0 saturated heterocycles. The first-order valence-electron chi connectivity index (χ1n) is 7.35. The fourth-order valence-electron chi connectivity index (χ4n) is 2.17. The molecule has 2 aromatic carbocycles. The maximum Gasteiger partial charge on any atom is 0.119 e. The number of hydrogen-bond donors (Lipinski definition) is 1. The fraction of sp³-hybridized carbons (Fsp3) is 0.333. The van der Waals surface area contributed by atoms with Crippen LogP contribution in [0.5, 0.6) is 5.75 Å². The minimum Gasteiger partial charge on any atom is -0.494 e. The summed E-state index contributed by atoms with van der Waals surface area (Å²) in [5.74, 6) is 0.945. The Labute approximate surface area is 121 Å². The molecule has 0 saturated carbocycles. The van der Waals surface area contributed by atoms with Gasteiger partial charge in [-0.25, -0.2) is 0 Å². The second-order valence-corrected chi connectivity index (χ2v) is 4.84. The van der Waals surface area contributed by atoms with E-state index < -0.39 is 0 Å². The van der Waals surface area contributed by atoms with Crippen molar-refractivity contribution < 1.29 is 4.74 Å².